The monoisotopic (exact) mass is 395 g/mol. The van der Waals surface area contributed by atoms with Crippen LogP contribution in [0.3, 0.4) is 0 Å². The molecule has 5 nitrogen and oxygen atoms in total. The minimum Gasteiger partial charge on any atom is -0.496 e. The van der Waals surface area contributed by atoms with E-state index in [9.17, 15) is 4.79 Å². The third kappa shape index (κ3) is 4.19. The summed E-state index contributed by atoms with van der Waals surface area (Å²) >= 11 is 1.49. The average Bonchev–Trinajstić information content (AvgIpc) is 3.25. The van der Waals surface area contributed by atoms with Gasteiger partial charge in [-0.1, -0.05) is 12.2 Å². The SMILES string of the molecule is COc1cc(NC(=O)c2cc(C3=CCNCC3)cs2)ccc1C1=CCNCC1. The van der Waals surface area contributed by atoms with Gasteiger partial charge >= 0.3 is 0 Å². The lowest BCUT2D eigenvalue weighted by molar-refractivity contribution is 0.103. The fraction of sp³-hybridized carbons (Fsp3) is 0.318. The molecule has 3 N–H and O–H groups in total. The van der Waals surface area contributed by atoms with Crippen molar-refractivity contribution in [3.63, 3.8) is 0 Å². The molecule has 2 aliphatic heterocycles. The number of benzene rings is 1. The number of amides is 1. The highest BCUT2D eigenvalue weighted by atomic mass is 32.1. The maximum atomic E-state index is 12.7. The Labute approximate surface area is 169 Å². The van der Waals surface area contributed by atoms with E-state index in [1.54, 1.807) is 7.11 Å². The summed E-state index contributed by atoms with van der Waals surface area (Å²) in [6.07, 6.45) is 6.38. The standard InChI is InChI=1S/C22H25N3O2S/c1-27-20-13-18(2-3-19(20)16-6-10-24-11-7-16)25-22(26)21-12-17(14-28-21)15-4-8-23-9-5-15/h2-4,6,12-14,23-24H,5,7-11H2,1H3,(H,25,26). The van der Waals surface area contributed by atoms with Crippen molar-refractivity contribution in [3.05, 3.63) is 57.8 Å². The van der Waals surface area contributed by atoms with Gasteiger partial charge in [0.1, 0.15) is 5.75 Å². The number of nitrogens with one attached hydrogen (secondary N) is 3. The van der Waals surface area contributed by atoms with Crippen molar-refractivity contribution in [1.29, 1.82) is 0 Å². The van der Waals surface area contributed by atoms with E-state index in [0.717, 1.165) is 66.5 Å². The highest BCUT2D eigenvalue weighted by molar-refractivity contribution is 7.12. The first kappa shape index (κ1) is 18.9. The van der Waals surface area contributed by atoms with Gasteiger partial charge in [-0.15, -0.1) is 11.3 Å². The Hall–Kier alpha value is -2.41. The molecule has 0 saturated heterocycles. The predicted molar refractivity (Wildman–Crippen MR) is 116 cm³/mol. The molecule has 0 aliphatic carbocycles. The van der Waals surface area contributed by atoms with Crippen LogP contribution in [0.15, 0.2) is 41.8 Å². The van der Waals surface area contributed by atoms with E-state index in [0.29, 0.717) is 0 Å². The second-order valence-electron chi connectivity index (χ2n) is 6.94. The molecule has 3 heterocycles. The molecule has 28 heavy (non-hydrogen) atoms. The lowest BCUT2D eigenvalue weighted by Gasteiger charge is -2.17. The van der Waals surface area contributed by atoms with Crippen LogP contribution >= 0.6 is 11.3 Å². The van der Waals surface area contributed by atoms with Crippen LogP contribution in [0.1, 0.15) is 33.6 Å². The zero-order chi connectivity index (χ0) is 19.3. The predicted octanol–water partition coefficient (Wildman–Crippen LogP) is 3.76. The van der Waals surface area contributed by atoms with E-state index in [4.69, 9.17) is 4.74 Å². The number of hydrogen-bond acceptors (Lipinski definition) is 5. The minimum absolute atomic E-state index is 0.0818. The summed E-state index contributed by atoms with van der Waals surface area (Å²) in [7, 11) is 1.67. The summed E-state index contributed by atoms with van der Waals surface area (Å²) < 4.78 is 5.59. The number of hydrogen-bond donors (Lipinski definition) is 3. The number of carbonyl (C=O) groups excluding carboxylic acids is 1. The highest BCUT2D eigenvalue weighted by Crippen LogP contribution is 2.32. The van der Waals surface area contributed by atoms with Gasteiger partial charge in [0.15, 0.2) is 0 Å². The van der Waals surface area contributed by atoms with Crippen LogP contribution in [-0.4, -0.2) is 39.2 Å². The maximum absolute atomic E-state index is 12.7. The number of rotatable bonds is 5. The molecule has 6 heteroatoms. The summed E-state index contributed by atoms with van der Waals surface area (Å²) in [6.45, 7) is 3.73. The first-order valence-corrected chi connectivity index (χ1v) is 10.5. The zero-order valence-corrected chi connectivity index (χ0v) is 16.8. The Kier molecular flexibility index (Phi) is 5.90. The number of thiophene rings is 1. The highest BCUT2D eigenvalue weighted by Gasteiger charge is 2.15. The fourth-order valence-electron chi connectivity index (χ4n) is 3.60. The van der Waals surface area contributed by atoms with Crippen LogP contribution in [0.4, 0.5) is 5.69 Å². The van der Waals surface area contributed by atoms with Gasteiger partial charge in [0, 0.05) is 30.4 Å². The lowest BCUT2D eigenvalue weighted by Crippen LogP contribution is -2.20. The smallest absolute Gasteiger partial charge is 0.265 e. The Bertz CT molecular complexity index is 930. The molecule has 1 aromatic carbocycles. The second-order valence-corrected chi connectivity index (χ2v) is 7.85. The third-order valence-corrected chi connectivity index (χ3v) is 6.06. The van der Waals surface area contributed by atoms with Gasteiger partial charge in [-0.05, 0) is 66.2 Å². The van der Waals surface area contributed by atoms with Crippen LogP contribution in [-0.2, 0) is 0 Å². The Morgan fingerprint density at radius 3 is 2.50 bits per heavy atom. The largest absolute Gasteiger partial charge is 0.496 e. The molecule has 146 valence electrons. The van der Waals surface area contributed by atoms with Crippen molar-refractivity contribution in [3.8, 4) is 5.75 Å². The molecule has 1 amide bonds. The van der Waals surface area contributed by atoms with Crippen LogP contribution in [0.5, 0.6) is 5.75 Å². The van der Waals surface area contributed by atoms with Crippen molar-refractivity contribution in [2.24, 2.45) is 0 Å². The van der Waals surface area contributed by atoms with Gasteiger partial charge in [0.25, 0.3) is 5.91 Å². The summed E-state index contributed by atoms with van der Waals surface area (Å²) in [5, 5.41) is 11.7. The normalized spacial score (nSPS) is 16.9. The minimum atomic E-state index is -0.0818. The lowest BCUT2D eigenvalue weighted by atomic mass is 9.99. The number of ether oxygens (including phenoxy) is 1. The first-order chi connectivity index (χ1) is 13.7. The summed E-state index contributed by atoms with van der Waals surface area (Å²) in [4.78, 5) is 13.4. The summed E-state index contributed by atoms with van der Waals surface area (Å²) in [5.74, 6) is 0.708. The fourth-order valence-corrected chi connectivity index (χ4v) is 4.43. The second kappa shape index (κ2) is 8.73. The van der Waals surface area contributed by atoms with E-state index in [1.807, 2.05) is 24.3 Å². The molecule has 0 bridgehead atoms. The van der Waals surface area contributed by atoms with Gasteiger partial charge in [0.2, 0.25) is 0 Å². The molecule has 0 spiro atoms. The molecule has 2 aromatic rings. The molecule has 4 rings (SSSR count). The molecule has 0 atom stereocenters. The van der Waals surface area contributed by atoms with Crippen molar-refractivity contribution in [1.82, 2.24) is 10.6 Å². The molecule has 1 aromatic heterocycles. The average molecular weight is 396 g/mol. The number of carbonyl (C=O) groups is 1. The molecular formula is C22H25N3O2S. The molecule has 0 saturated carbocycles. The molecular weight excluding hydrogens is 370 g/mol. The summed E-state index contributed by atoms with van der Waals surface area (Å²) in [6, 6.07) is 7.87. The van der Waals surface area contributed by atoms with Gasteiger partial charge in [0.05, 0.1) is 12.0 Å². The van der Waals surface area contributed by atoms with Crippen LogP contribution in [0, 0.1) is 0 Å². The molecule has 0 radical (unpaired) electrons. The maximum Gasteiger partial charge on any atom is 0.265 e. The van der Waals surface area contributed by atoms with Crippen molar-refractivity contribution < 1.29 is 9.53 Å². The number of methoxy groups -OCH3 is 1. The van der Waals surface area contributed by atoms with Crippen LogP contribution in [0.25, 0.3) is 11.1 Å². The molecule has 2 aliphatic rings. The van der Waals surface area contributed by atoms with Gasteiger partial charge in [-0.25, -0.2) is 0 Å². The van der Waals surface area contributed by atoms with Crippen LogP contribution in [0.2, 0.25) is 0 Å². The first-order valence-electron chi connectivity index (χ1n) is 9.63. The van der Waals surface area contributed by atoms with E-state index < -0.39 is 0 Å². The van der Waals surface area contributed by atoms with Gasteiger partial charge < -0.3 is 20.7 Å². The Morgan fingerprint density at radius 1 is 1.07 bits per heavy atom. The topological polar surface area (TPSA) is 62.4 Å². The Morgan fingerprint density at radius 2 is 1.82 bits per heavy atom. The van der Waals surface area contributed by atoms with E-state index in [-0.39, 0.29) is 5.91 Å². The van der Waals surface area contributed by atoms with Crippen LogP contribution < -0.4 is 20.7 Å². The molecule has 0 fully saturated rings. The zero-order valence-electron chi connectivity index (χ0n) is 16.0. The van der Waals surface area contributed by atoms with Gasteiger partial charge in [-0.3, -0.25) is 4.79 Å². The van der Waals surface area contributed by atoms with Crippen molar-refractivity contribution in [2.45, 2.75) is 12.8 Å². The van der Waals surface area contributed by atoms with E-state index in [1.165, 1.54) is 22.5 Å². The van der Waals surface area contributed by atoms with E-state index >= 15 is 0 Å². The number of anilines is 1. The van der Waals surface area contributed by atoms with Gasteiger partial charge in [-0.2, -0.15) is 0 Å². The van der Waals surface area contributed by atoms with Crippen molar-refractivity contribution >= 4 is 34.1 Å². The quantitative estimate of drug-likeness (QED) is 0.721. The molecule has 0 unspecified atom stereocenters. The van der Waals surface area contributed by atoms with E-state index in [2.05, 4.69) is 33.5 Å². The van der Waals surface area contributed by atoms with Crippen molar-refractivity contribution in [2.75, 3.05) is 38.6 Å². The Balaban J connectivity index is 1.49. The third-order valence-electron chi connectivity index (χ3n) is 5.13. The summed E-state index contributed by atoms with van der Waals surface area (Å²) in [5.41, 5.74) is 5.60.